The van der Waals surface area contributed by atoms with Gasteiger partial charge in [-0.15, -0.1) is 11.3 Å². The Morgan fingerprint density at radius 3 is 2.70 bits per heavy atom. The van der Waals surface area contributed by atoms with E-state index in [1.807, 2.05) is 41.8 Å². The van der Waals surface area contributed by atoms with E-state index >= 15 is 0 Å². The number of allylic oxidation sites excluding steroid dienone is 1. The van der Waals surface area contributed by atoms with Gasteiger partial charge < -0.3 is 14.6 Å². The van der Waals surface area contributed by atoms with E-state index in [-0.39, 0.29) is 17.7 Å². The maximum Gasteiger partial charge on any atom is 0.326 e. The zero-order valence-electron chi connectivity index (χ0n) is 17.8. The number of hydrogen-bond donors (Lipinski definition) is 1. The molecule has 2 aromatic heterocycles. The Morgan fingerprint density at radius 1 is 1.15 bits per heavy atom. The molecule has 1 unspecified atom stereocenters. The Labute approximate surface area is 193 Å². The SMILES string of the molecule is COc1cccc(C2NC(=O)N(c3ccc(F)cc3)C(C)=C2c2nc(-c3cccs3)no2)c1. The van der Waals surface area contributed by atoms with Gasteiger partial charge in [-0.2, -0.15) is 4.98 Å². The van der Waals surface area contributed by atoms with Crippen molar-refractivity contribution in [3.05, 3.63) is 89.0 Å². The molecule has 4 aromatic rings. The quantitative estimate of drug-likeness (QED) is 0.415. The van der Waals surface area contributed by atoms with Crippen LogP contribution in [-0.2, 0) is 0 Å². The van der Waals surface area contributed by atoms with Gasteiger partial charge in [0.2, 0.25) is 5.82 Å². The second kappa shape index (κ2) is 8.51. The highest BCUT2D eigenvalue weighted by Gasteiger charge is 2.36. The summed E-state index contributed by atoms with van der Waals surface area (Å²) >= 11 is 1.50. The first-order valence-corrected chi connectivity index (χ1v) is 11.0. The highest BCUT2D eigenvalue weighted by molar-refractivity contribution is 7.13. The van der Waals surface area contributed by atoms with Crippen molar-refractivity contribution >= 4 is 28.6 Å². The predicted octanol–water partition coefficient (Wildman–Crippen LogP) is 5.65. The molecule has 0 saturated heterocycles. The summed E-state index contributed by atoms with van der Waals surface area (Å²) in [5.41, 5.74) is 2.56. The number of nitrogens with one attached hydrogen (secondary N) is 1. The Hall–Kier alpha value is -3.98. The van der Waals surface area contributed by atoms with Crippen LogP contribution in [0.1, 0.15) is 24.4 Å². The minimum absolute atomic E-state index is 0.288. The van der Waals surface area contributed by atoms with Crippen molar-refractivity contribution in [3.63, 3.8) is 0 Å². The standard InChI is InChI=1S/C24H19FN4O3S/c1-14-20(23-27-22(28-32-23)19-7-4-12-33-19)21(15-5-3-6-18(13-15)31-2)26-24(30)29(14)17-10-8-16(25)9-11-17/h3-13,21H,1-2H3,(H,26,30). The van der Waals surface area contributed by atoms with Crippen molar-refractivity contribution in [2.45, 2.75) is 13.0 Å². The minimum atomic E-state index is -0.555. The fourth-order valence-corrected chi connectivity index (χ4v) is 4.48. The van der Waals surface area contributed by atoms with Crippen molar-refractivity contribution in [2.75, 3.05) is 12.0 Å². The number of hydrogen-bond acceptors (Lipinski definition) is 6. The molecule has 1 atom stereocenters. The molecule has 0 fully saturated rings. The van der Waals surface area contributed by atoms with E-state index in [4.69, 9.17) is 9.26 Å². The van der Waals surface area contributed by atoms with E-state index in [9.17, 15) is 9.18 Å². The van der Waals surface area contributed by atoms with Crippen LogP contribution in [-0.4, -0.2) is 23.3 Å². The molecule has 1 aliphatic rings. The van der Waals surface area contributed by atoms with Crippen LogP contribution in [0.5, 0.6) is 5.75 Å². The molecule has 9 heteroatoms. The number of nitrogens with zero attached hydrogens (tertiary/aromatic N) is 3. The van der Waals surface area contributed by atoms with Gasteiger partial charge in [0, 0.05) is 5.70 Å². The fraction of sp³-hybridized carbons (Fsp3) is 0.125. The molecule has 1 aliphatic heterocycles. The number of benzene rings is 2. The second-order valence-corrected chi connectivity index (χ2v) is 8.32. The number of anilines is 1. The number of rotatable bonds is 5. The zero-order valence-corrected chi connectivity index (χ0v) is 18.6. The number of aromatic nitrogens is 2. The molecule has 1 N–H and O–H groups in total. The molecule has 7 nitrogen and oxygen atoms in total. The third kappa shape index (κ3) is 3.87. The first kappa shape index (κ1) is 20.9. The molecule has 166 valence electrons. The number of ether oxygens (including phenoxy) is 1. The molecule has 2 aromatic carbocycles. The molecular weight excluding hydrogens is 443 g/mol. The summed E-state index contributed by atoms with van der Waals surface area (Å²) in [5, 5.41) is 9.10. The number of urea groups is 1. The van der Waals surface area contributed by atoms with E-state index < -0.39 is 6.04 Å². The number of amides is 2. The molecule has 2 amide bonds. The fourth-order valence-electron chi connectivity index (χ4n) is 3.83. The summed E-state index contributed by atoms with van der Waals surface area (Å²) in [5.74, 6) is 1.03. The molecule has 0 spiro atoms. The smallest absolute Gasteiger partial charge is 0.326 e. The topological polar surface area (TPSA) is 80.5 Å². The lowest BCUT2D eigenvalue weighted by Gasteiger charge is -2.35. The lowest BCUT2D eigenvalue weighted by Crippen LogP contribution is -2.46. The molecular formula is C24H19FN4O3S. The van der Waals surface area contributed by atoms with Crippen molar-refractivity contribution < 1.29 is 18.4 Å². The summed E-state index contributed by atoms with van der Waals surface area (Å²) in [6.45, 7) is 1.81. The van der Waals surface area contributed by atoms with Gasteiger partial charge in [-0.1, -0.05) is 23.4 Å². The summed E-state index contributed by atoms with van der Waals surface area (Å²) in [6, 6.07) is 16.1. The highest BCUT2D eigenvalue weighted by Crippen LogP contribution is 2.40. The van der Waals surface area contributed by atoms with E-state index in [1.165, 1.54) is 28.4 Å². The van der Waals surface area contributed by atoms with Crippen molar-refractivity contribution in [1.82, 2.24) is 15.5 Å². The largest absolute Gasteiger partial charge is 0.497 e. The Morgan fingerprint density at radius 2 is 1.97 bits per heavy atom. The number of carbonyl (C=O) groups excluding carboxylic acids is 1. The van der Waals surface area contributed by atoms with E-state index in [0.29, 0.717) is 28.5 Å². The van der Waals surface area contributed by atoms with Crippen LogP contribution in [0.25, 0.3) is 16.3 Å². The third-order valence-corrected chi connectivity index (χ3v) is 6.26. The summed E-state index contributed by atoms with van der Waals surface area (Å²) in [6.07, 6.45) is 0. The normalized spacial score (nSPS) is 16.2. The number of methoxy groups -OCH3 is 1. The molecule has 0 aliphatic carbocycles. The zero-order chi connectivity index (χ0) is 22.9. The number of halogens is 1. The summed E-state index contributed by atoms with van der Waals surface area (Å²) in [4.78, 5) is 20.2. The second-order valence-electron chi connectivity index (χ2n) is 7.37. The average Bonchev–Trinajstić information content (AvgIpc) is 3.52. The summed E-state index contributed by atoms with van der Waals surface area (Å²) < 4.78 is 24.5. The van der Waals surface area contributed by atoms with Gasteiger partial charge in [0.15, 0.2) is 0 Å². The van der Waals surface area contributed by atoms with Crippen LogP contribution < -0.4 is 15.0 Å². The van der Waals surface area contributed by atoms with E-state index in [0.717, 1.165) is 10.4 Å². The molecule has 0 saturated carbocycles. The average molecular weight is 463 g/mol. The van der Waals surface area contributed by atoms with E-state index in [1.54, 1.807) is 26.2 Å². The van der Waals surface area contributed by atoms with Gasteiger partial charge in [0.05, 0.1) is 29.3 Å². The maximum atomic E-state index is 13.5. The Kier molecular flexibility index (Phi) is 5.39. The van der Waals surface area contributed by atoms with Crippen molar-refractivity contribution in [1.29, 1.82) is 0 Å². The Balaban J connectivity index is 1.66. The van der Waals surface area contributed by atoms with Crippen LogP contribution in [0.3, 0.4) is 0 Å². The van der Waals surface area contributed by atoms with Crippen molar-refractivity contribution in [2.24, 2.45) is 0 Å². The van der Waals surface area contributed by atoms with Crippen molar-refractivity contribution in [3.8, 4) is 16.5 Å². The van der Waals surface area contributed by atoms with Crippen LogP contribution >= 0.6 is 11.3 Å². The van der Waals surface area contributed by atoms with Crippen LogP contribution in [0.4, 0.5) is 14.9 Å². The first-order valence-electron chi connectivity index (χ1n) is 10.1. The lowest BCUT2D eigenvalue weighted by molar-refractivity contribution is 0.244. The summed E-state index contributed by atoms with van der Waals surface area (Å²) in [7, 11) is 1.59. The highest BCUT2D eigenvalue weighted by atomic mass is 32.1. The van der Waals surface area contributed by atoms with Crippen LogP contribution in [0.15, 0.2) is 76.3 Å². The maximum absolute atomic E-state index is 13.5. The van der Waals surface area contributed by atoms with Gasteiger partial charge in [-0.05, 0) is 60.3 Å². The predicted molar refractivity (Wildman–Crippen MR) is 123 cm³/mol. The van der Waals surface area contributed by atoms with Gasteiger partial charge in [0.25, 0.3) is 5.89 Å². The molecule has 5 rings (SSSR count). The molecule has 0 radical (unpaired) electrons. The van der Waals surface area contributed by atoms with Gasteiger partial charge >= 0.3 is 6.03 Å². The Bertz CT molecular complexity index is 1330. The minimum Gasteiger partial charge on any atom is -0.497 e. The number of carbonyl (C=O) groups is 1. The van der Waals surface area contributed by atoms with Crippen LogP contribution in [0.2, 0.25) is 0 Å². The van der Waals surface area contributed by atoms with Gasteiger partial charge in [0.1, 0.15) is 11.6 Å². The third-order valence-electron chi connectivity index (χ3n) is 5.39. The van der Waals surface area contributed by atoms with Gasteiger partial charge in [-0.25, -0.2) is 9.18 Å². The lowest BCUT2D eigenvalue weighted by atomic mass is 9.94. The van der Waals surface area contributed by atoms with Gasteiger partial charge in [-0.3, -0.25) is 4.90 Å². The molecule has 3 heterocycles. The van der Waals surface area contributed by atoms with Crippen LogP contribution in [0, 0.1) is 5.82 Å². The molecule has 0 bridgehead atoms. The van der Waals surface area contributed by atoms with E-state index in [2.05, 4.69) is 15.5 Å². The number of thiophene rings is 1. The first-order chi connectivity index (χ1) is 16.0. The molecule has 33 heavy (non-hydrogen) atoms. The monoisotopic (exact) mass is 462 g/mol.